The summed E-state index contributed by atoms with van der Waals surface area (Å²) >= 11 is 0. The van der Waals surface area contributed by atoms with Gasteiger partial charge in [-0.2, -0.15) is 0 Å². The predicted octanol–water partition coefficient (Wildman–Crippen LogP) is 2.72. The van der Waals surface area contributed by atoms with E-state index in [9.17, 15) is 23.2 Å². The normalized spacial score (nSPS) is 22.6. The van der Waals surface area contributed by atoms with Crippen molar-refractivity contribution in [1.29, 1.82) is 0 Å². The third-order valence-electron chi connectivity index (χ3n) is 4.32. The highest BCUT2D eigenvalue weighted by Crippen LogP contribution is 2.41. The standard InChI is InChI=1S/C17H18F2O5/c1-24-16(23)13-9-17(18,19)7-6-12(13)14(20)8-10-2-4-11(5-3-10)15(21)22/h2-5,12-13H,6-9H2,1H3,(H,21,22)/t12-,13-/m1/s1. The summed E-state index contributed by atoms with van der Waals surface area (Å²) in [5.41, 5.74) is 0.668. The average Bonchev–Trinajstić information content (AvgIpc) is 2.53. The Morgan fingerprint density at radius 2 is 1.83 bits per heavy atom. The summed E-state index contributed by atoms with van der Waals surface area (Å²) in [6, 6.07) is 5.76. The van der Waals surface area contributed by atoms with Gasteiger partial charge >= 0.3 is 11.9 Å². The van der Waals surface area contributed by atoms with Crippen molar-refractivity contribution in [3.05, 3.63) is 35.4 Å². The molecule has 2 atom stereocenters. The highest BCUT2D eigenvalue weighted by Gasteiger charge is 2.47. The molecule has 1 aromatic carbocycles. The van der Waals surface area contributed by atoms with E-state index in [0.717, 1.165) is 7.11 Å². The van der Waals surface area contributed by atoms with Gasteiger partial charge in [0, 0.05) is 25.2 Å². The molecule has 0 heterocycles. The van der Waals surface area contributed by atoms with Gasteiger partial charge in [0.1, 0.15) is 5.78 Å². The van der Waals surface area contributed by atoms with Gasteiger partial charge in [0.05, 0.1) is 18.6 Å². The smallest absolute Gasteiger partial charge is 0.335 e. The molecule has 0 spiro atoms. The second kappa shape index (κ2) is 7.07. The van der Waals surface area contributed by atoms with Crippen molar-refractivity contribution in [3.63, 3.8) is 0 Å². The molecule has 5 nitrogen and oxygen atoms in total. The largest absolute Gasteiger partial charge is 0.478 e. The number of carbonyl (C=O) groups is 3. The van der Waals surface area contributed by atoms with E-state index < -0.39 is 42.5 Å². The summed E-state index contributed by atoms with van der Waals surface area (Å²) in [4.78, 5) is 35.0. The Balaban J connectivity index is 2.11. The van der Waals surface area contributed by atoms with Gasteiger partial charge in [0.2, 0.25) is 5.92 Å². The van der Waals surface area contributed by atoms with Crippen LogP contribution in [0.3, 0.4) is 0 Å². The molecule has 24 heavy (non-hydrogen) atoms. The van der Waals surface area contributed by atoms with Crippen LogP contribution in [0.5, 0.6) is 0 Å². The summed E-state index contributed by atoms with van der Waals surface area (Å²) in [6.45, 7) is 0. The maximum Gasteiger partial charge on any atom is 0.335 e. The molecule has 2 rings (SSSR count). The van der Waals surface area contributed by atoms with Gasteiger partial charge in [-0.15, -0.1) is 0 Å². The lowest BCUT2D eigenvalue weighted by molar-refractivity contribution is -0.160. The van der Waals surface area contributed by atoms with E-state index in [0.29, 0.717) is 5.56 Å². The highest BCUT2D eigenvalue weighted by molar-refractivity contribution is 5.89. The van der Waals surface area contributed by atoms with Crippen molar-refractivity contribution in [2.24, 2.45) is 11.8 Å². The first kappa shape index (κ1) is 18.0. The van der Waals surface area contributed by atoms with Gasteiger partial charge in [-0.25, -0.2) is 13.6 Å². The number of ketones is 1. The first-order valence-electron chi connectivity index (χ1n) is 7.54. The first-order chi connectivity index (χ1) is 11.2. The fourth-order valence-corrected chi connectivity index (χ4v) is 3.02. The number of carboxylic acid groups (broad SMARTS) is 1. The van der Waals surface area contributed by atoms with E-state index in [4.69, 9.17) is 5.11 Å². The van der Waals surface area contributed by atoms with Crippen LogP contribution in [-0.4, -0.2) is 35.9 Å². The van der Waals surface area contributed by atoms with E-state index in [1.54, 1.807) is 0 Å². The third kappa shape index (κ3) is 4.15. The van der Waals surface area contributed by atoms with Crippen LogP contribution in [0.25, 0.3) is 0 Å². The zero-order chi connectivity index (χ0) is 17.9. The Labute approximate surface area is 137 Å². The highest BCUT2D eigenvalue weighted by atomic mass is 19.3. The number of hydrogen-bond acceptors (Lipinski definition) is 4. The molecule has 0 aromatic heterocycles. The predicted molar refractivity (Wildman–Crippen MR) is 79.9 cm³/mol. The first-order valence-corrected chi connectivity index (χ1v) is 7.54. The molecule has 1 aliphatic carbocycles. The number of hydrogen-bond donors (Lipinski definition) is 1. The Morgan fingerprint density at radius 1 is 1.21 bits per heavy atom. The molecule has 0 aliphatic heterocycles. The topological polar surface area (TPSA) is 80.7 Å². The molecule has 130 valence electrons. The Morgan fingerprint density at radius 3 is 2.38 bits per heavy atom. The molecule has 0 saturated heterocycles. The van der Waals surface area contributed by atoms with Crippen LogP contribution in [0, 0.1) is 11.8 Å². The molecule has 0 amide bonds. The van der Waals surface area contributed by atoms with Crippen LogP contribution in [0.1, 0.15) is 35.2 Å². The maximum atomic E-state index is 13.6. The fraction of sp³-hybridized carbons (Fsp3) is 0.471. The van der Waals surface area contributed by atoms with E-state index in [1.165, 1.54) is 24.3 Å². The van der Waals surface area contributed by atoms with Crippen molar-refractivity contribution in [2.45, 2.75) is 31.6 Å². The molecule has 1 saturated carbocycles. The zero-order valence-electron chi connectivity index (χ0n) is 13.1. The number of ether oxygens (including phenoxy) is 1. The summed E-state index contributed by atoms with van der Waals surface area (Å²) in [7, 11) is 1.11. The molecular weight excluding hydrogens is 322 g/mol. The van der Waals surface area contributed by atoms with Gasteiger partial charge < -0.3 is 9.84 Å². The van der Waals surface area contributed by atoms with E-state index >= 15 is 0 Å². The minimum atomic E-state index is -2.97. The lowest BCUT2D eigenvalue weighted by Gasteiger charge is -2.33. The van der Waals surface area contributed by atoms with Gasteiger partial charge in [-0.05, 0) is 24.1 Å². The monoisotopic (exact) mass is 340 g/mol. The van der Waals surface area contributed by atoms with Crippen molar-refractivity contribution in [3.8, 4) is 0 Å². The number of carboxylic acids is 1. The van der Waals surface area contributed by atoms with Gasteiger partial charge in [-0.1, -0.05) is 12.1 Å². The Hall–Kier alpha value is -2.31. The molecule has 1 aliphatic rings. The van der Waals surface area contributed by atoms with Crippen LogP contribution in [0.4, 0.5) is 8.78 Å². The number of alkyl halides is 2. The number of methoxy groups -OCH3 is 1. The van der Waals surface area contributed by atoms with Crippen LogP contribution < -0.4 is 0 Å². The van der Waals surface area contributed by atoms with Crippen LogP contribution in [-0.2, 0) is 20.7 Å². The number of rotatable bonds is 5. The quantitative estimate of drug-likeness (QED) is 0.834. The van der Waals surface area contributed by atoms with Crippen LogP contribution >= 0.6 is 0 Å². The lowest BCUT2D eigenvalue weighted by Crippen LogP contribution is -2.41. The van der Waals surface area contributed by atoms with Crippen molar-refractivity contribution in [1.82, 2.24) is 0 Å². The summed E-state index contributed by atoms with van der Waals surface area (Å²) in [6.07, 6.45) is -1.23. The molecule has 0 bridgehead atoms. The van der Waals surface area contributed by atoms with Crippen molar-refractivity contribution in [2.75, 3.05) is 7.11 Å². The van der Waals surface area contributed by atoms with Crippen molar-refractivity contribution >= 4 is 17.7 Å². The summed E-state index contributed by atoms with van der Waals surface area (Å²) in [5.74, 6) is -7.12. The zero-order valence-corrected chi connectivity index (χ0v) is 13.1. The van der Waals surface area contributed by atoms with Gasteiger partial charge in [-0.3, -0.25) is 9.59 Å². The lowest BCUT2D eigenvalue weighted by atomic mass is 9.74. The van der Waals surface area contributed by atoms with Crippen LogP contribution in [0.2, 0.25) is 0 Å². The number of Topliss-reactive ketones (excluding diaryl/α,β-unsaturated/α-hetero) is 1. The molecule has 1 aromatic rings. The number of esters is 1. The SMILES string of the molecule is COC(=O)[C@@H]1CC(F)(F)CC[C@H]1C(=O)Cc1ccc(C(=O)O)cc1. The summed E-state index contributed by atoms with van der Waals surface area (Å²) in [5, 5.41) is 8.84. The van der Waals surface area contributed by atoms with Crippen molar-refractivity contribution < 1.29 is 33.0 Å². The molecule has 0 radical (unpaired) electrons. The van der Waals surface area contributed by atoms with Gasteiger partial charge in [0.25, 0.3) is 0 Å². The average molecular weight is 340 g/mol. The minimum Gasteiger partial charge on any atom is -0.478 e. The minimum absolute atomic E-state index is 0.0381. The number of carbonyl (C=O) groups excluding carboxylic acids is 2. The third-order valence-corrected chi connectivity index (χ3v) is 4.32. The summed E-state index contributed by atoms with van der Waals surface area (Å²) < 4.78 is 31.7. The van der Waals surface area contributed by atoms with E-state index in [2.05, 4.69) is 4.74 Å². The second-order valence-corrected chi connectivity index (χ2v) is 5.98. The molecule has 7 heteroatoms. The number of benzene rings is 1. The van der Waals surface area contributed by atoms with Crippen LogP contribution in [0.15, 0.2) is 24.3 Å². The number of aromatic carboxylic acids is 1. The van der Waals surface area contributed by atoms with Gasteiger partial charge in [0.15, 0.2) is 0 Å². The number of halogens is 2. The molecular formula is C17H18F2O5. The van der Waals surface area contributed by atoms with E-state index in [-0.39, 0.29) is 24.2 Å². The molecule has 1 N–H and O–H groups in total. The van der Waals surface area contributed by atoms with E-state index in [1.807, 2.05) is 0 Å². The molecule has 1 fully saturated rings. The Kier molecular flexibility index (Phi) is 5.31. The molecule has 0 unspecified atom stereocenters. The fourth-order valence-electron chi connectivity index (χ4n) is 3.02. The second-order valence-electron chi connectivity index (χ2n) is 5.98. The maximum absolute atomic E-state index is 13.6. The Bertz CT molecular complexity index is 639.